The molecule has 0 spiro atoms. The summed E-state index contributed by atoms with van der Waals surface area (Å²) >= 11 is 0. The van der Waals surface area contributed by atoms with Crippen molar-refractivity contribution in [2.24, 2.45) is 5.92 Å². The van der Waals surface area contributed by atoms with Gasteiger partial charge in [0.2, 0.25) is 5.91 Å². The predicted octanol–water partition coefficient (Wildman–Crippen LogP) is 2.47. The second-order valence-corrected chi connectivity index (χ2v) is 5.77. The second-order valence-electron chi connectivity index (χ2n) is 5.77. The van der Waals surface area contributed by atoms with Crippen LogP contribution in [0.2, 0.25) is 0 Å². The molecule has 0 fully saturated rings. The number of nitrogens with one attached hydrogen (secondary N) is 2. The van der Waals surface area contributed by atoms with E-state index in [0.717, 1.165) is 5.56 Å². The third-order valence-electron chi connectivity index (χ3n) is 3.18. The molecular formula is C18H21N3O3. The van der Waals surface area contributed by atoms with E-state index in [0.29, 0.717) is 24.3 Å². The lowest BCUT2D eigenvalue weighted by Crippen LogP contribution is -2.41. The maximum atomic E-state index is 12.0. The zero-order valence-electron chi connectivity index (χ0n) is 13.8. The fraction of sp³-hybridized carbons (Fsp3) is 0.278. The van der Waals surface area contributed by atoms with E-state index < -0.39 is 0 Å². The van der Waals surface area contributed by atoms with Gasteiger partial charge in [-0.1, -0.05) is 13.8 Å². The minimum absolute atomic E-state index is 0.212. The molecule has 0 aliphatic carbocycles. The summed E-state index contributed by atoms with van der Waals surface area (Å²) in [5, 5.41) is 0. The van der Waals surface area contributed by atoms with Crippen molar-refractivity contribution in [2.75, 3.05) is 0 Å². The zero-order chi connectivity index (χ0) is 17.4. The van der Waals surface area contributed by atoms with E-state index in [2.05, 4.69) is 15.8 Å². The molecule has 6 heteroatoms. The third kappa shape index (κ3) is 5.72. The number of rotatable bonds is 6. The van der Waals surface area contributed by atoms with Crippen LogP contribution in [-0.2, 0) is 11.4 Å². The molecule has 2 amide bonds. The van der Waals surface area contributed by atoms with Crippen molar-refractivity contribution in [3.63, 3.8) is 0 Å². The first-order valence-corrected chi connectivity index (χ1v) is 7.75. The first-order valence-electron chi connectivity index (χ1n) is 7.75. The molecule has 24 heavy (non-hydrogen) atoms. The van der Waals surface area contributed by atoms with Crippen molar-refractivity contribution in [2.45, 2.75) is 26.9 Å². The summed E-state index contributed by atoms with van der Waals surface area (Å²) in [5.74, 6) is 0.314. The van der Waals surface area contributed by atoms with Gasteiger partial charge < -0.3 is 4.74 Å². The average Bonchev–Trinajstić information content (AvgIpc) is 2.58. The number of hydrogen-bond donors (Lipinski definition) is 2. The van der Waals surface area contributed by atoms with Crippen LogP contribution in [-0.4, -0.2) is 16.8 Å². The maximum Gasteiger partial charge on any atom is 0.269 e. The van der Waals surface area contributed by atoms with Crippen LogP contribution < -0.4 is 15.6 Å². The summed E-state index contributed by atoms with van der Waals surface area (Å²) in [6.07, 6.45) is 3.78. The minimum atomic E-state index is -0.368. The van der Waals surface area contributed by atoms with E-state index in [1.165, 1.54) is 0 Å². The van der Waals surface area contributed by atoms with Crippen LogP contribution in [0.15, 0.2) is 48.8 Å². The van der Waals surface area contributed by atoms with Crippen LogP contribution in [0.3, 0.4) is 0 Å². The Bertz CT molecular complexity index is 670. The molecule has 6 nitrogen and oxygen atoms in total. The maximum absolute atomic E-state index is 12.0. The van der Waals surface area contributed by atoms with Crippen LogP contribution >= 0.6 is 0 Å². The summed E-state index contributed by atoms with van der Waals surface area (Å²) in [7, 11) is 0. The van der Waals surface area contributed by atoms with Crippen molar-refractivity contribution in [1.29, 1.82) is 0 Å². The highest BCUT2D eigenvalue weighted by Crippen LogP contribution is 2.14. The fourth-order valence-electron chi connectivity index (χ4n) is 1.97. The van der Waals surface area contributed by atoms with Gasteiger partial charge in [-0.3, -0.25) is 25.4 Å². The van der Waals surface area contributed by atoms with E-state index in [4.69, 9.17) is 4.74 Å². The Kier molecular flexibility index (Phi) is 6.31. The van der Waals surface area contributed by atoms with Crippen molar-refractivity contribution in [3.05, 3.63) is 59.9 Å². The zero-order valence-corrected chi connectivity index (χ0v) is 13.8. The molecule has 0 aliphatic heterocycles. The molecule has 0 atom stereocenters. The Morgan fingerprint density at radius 3 is 2.33 bits per heavy atom. The highest BCUT2D eigenvalue weighted by atomic mass is 16.5. The van der Waals surface area contributed by atoms with Gasteiger partial charge in [0.05, 0.1) is 0 Å². The van der Waals surface area contributed by atoms with Gasteiger partial charge in [-0.2, -0.15) is 0 Å². The quantitative estimate of drug-likeness (QED) is 0.799. The highest BCUT2D eigenvalue weighted by Gasteiger charge is 2.08. The summed E-state index contributed by atoms with van der Waals surface area (Å²) in [6, 6.07) is 10.5. The van der Waals surface area contributed by atoms with E-state index in [9.17, 15) is 9.59 Å². The molecule has 1 heterocycles. The summed E-state index contributed by atoms with van der Waals surface area (Å²) in [4.78, 5) is 27.4. The Balaban J connectivity index is 1.82. The molecular weight excluding hydrogens is 306 g/mol. The van der Waals surface area contributed by atoms with Crippen LogP contribution in [0, 0.1) is 5.92 Å². The number of carbonyl (C=O) groups is 2. The van der Waals surface area contributed by atoms with Crippen molar-refractivity contribution >= 4 is 11.8 Å². The molecule has 0 saturated heterocycles. The SMILES string of the molecule is CC(C)CC(=O)NNC(=O)c1ccc(OCc2ccncc2)cc1. The predicted molar refractivity (Wildman–Crippen MR) is 90.1 cm³/mol. The largest absolute Gasteiger partial charge is 0.489 e. The number of pyridine rings is 1. The minimum Gasteiger partial charge on any atom is -0.489 e. The number of ether oxygens (including phenoxy) is 1. The lowest BCUT2D eigenvalue weighted by atomic mass is 10.1. The van der Waals surface area contributed by atoms with Crippen LogP contribution in [0.25, 0.3) is 0 Å². The lowest BCUT2D eigenvalue weighted by Gasteiger charge is -2.10. The molecule has 0 aliphatic rings. The van der Waals surface area contributed by atoms with Gasteiger partial charge in [0.1, 0.15) is 12.4 Å². The molecule has 2 rings (SSSR count). The third-order valence-corrected chi connectivity index (χ3v) is 3.18. The Morgan fingerprint density at radius 1 is 1.04 bits per heavy atom. The van der Waals surface area contributed by atoms with Crippen LogP contribution in [0.1, 0.15) is 36.2 Å². The van der Waals surface area contributed by atoms with Crippen molar-refractivity contribution in [1.82, 2.24) is 15.8 Å². The number of aromatic nitrogens is 1. The lowest BCUT2D eigenvalue weighted by molar-refractivity contribution is -0.122. The molecule has 1 aromatic carbocycles. The standard InChI is InChI=1S/C18H21N3O3/c1-13(2)11-17(22)20-21-18(23)15-3-5-16(6-4-15)24-12-14-7-9-19-10-8-14/h3-10,13H,11-12H2,1-2H3,(H,20,22)(H,21,23). The van der Waals surface area contributed by atoms with E-state index in [-0.39, 0.29) is 17.7 Å². The Hall–Kier alpha value is -2.89. The summed E-state index contributed by atoms with van der Waals surface area (Å²) in [6.45, 7) is 4.30. The number of benzene rings is 1. The van der Waals surface area contributed by atoms with Gasteiger partial charge >= 0.3 is 0 Å². The molecule has 126 valence electrons. The van der Waals surface area contributed by atoms with Gasteiger partial charge in [0.25, 0.3) is 5.91 Å². The summed E-state index contributed by atoms with van der Waals surface area (Å²) in [5.41, 5.74) is 6.25. The molecule has 2 aromatic rings. The summed E-state index contributed by atoms with van der Waals surface area (Å²) < 4.78 is 5.64. The Labute approximate surface area is 141 Å². The number of carbonyl (C=O) groups excluding carboxylic acids is 2. The first kappa shape index (κ1) is 17.5. The highest BCUT2D eigenvalue weighted by molar-refractivity contribution is 5.95. The van der Waals surface area contributed by atoms with E-state index in [1.807, 2.05) is 26.0 Å². The average molecular weight is 327 g/mol. The van der Waals surface area contributed by atoms with Gasteiger partial charge in [-0.15, -0.1) is 0 Å². The fourth-order valence-corrected chi connectivity index (χ4v) is 1.97. The number of hydrogen-bond acceptors (Lipinski definition) is 4. The van der Waals surface area contributed by atoms with Crippen LogP contribution in [0.5, 0.6) is 5.75 Å². The monoisotopic (exact) mass is 327 g/mol. The molecule has 0 radical (unpaired) electrons. The van der Waals surface area contributed by atoms with Gasteiger partial charge in [0, 0.05) is 24.4 Å². The molecule has 0 bridgehead atoms. The van der Waals surface area contributed by atoms with Gasteiger partial charge in [-0.05, 0) is 47.9 Å². The van der Waals surface area contributed by atoms with Gasteiger partial charge in [-0.25, -0.2) is 0 Å². The topological polar surface area (TPSA) is 80.3 Å². The second kappa shape index (κ2) is 8.67. The number of hydrazine groups is 1. The van der Waals surface area contributed by atoms with Crippen molar-refractivity contribution < 1.29 is 14.3 Å². The first-order chi connectivity index (χ1) is 11.5. The van der Waals surface area contributed by atoms with Crippen LogP contribution in [0.4, 0.5) is 0 Å². The Morgan fingerprint density at radius 2 is 1.71 bits per heavy atom. The normalized spacial score (nSPS) is 10.3. The molecule has 1 aromatic heterocycles. The molecule has 2 N–H and O–H groups in total. The van der Waals surface area contributed by atoms with E-state index in [1.54, 1.807) is 36.7 Å². The smallest absolute Gasteiger partial charge is 0.269 e. The number of amides is 2. The van der Waals surface area contributed by atoms with E-state index >= 15 is 0 Å². The van der Waals surface area contributed by atoms with Gasteiger partial charge in [0.15, 0.2) is 0 Å². The molecule has 0 saturated carbocycles. The van der Waals surface area contributed by atoms with Crippen molar-refractivity contribution in [3.8, 4) is 5.75 Å². The number of nitrogens with zero attached hydrogens (tertiary/aromatic N) is 1. The molecule has 0 unspecified atom stereocenters.